The SMILES string of the molecule is Cc1onc(-c2ccccc2)c1-c1nnc(CSc2nnnn2C[C@H]2CCCO2)o1. The van der Waals surface area contributed by atoms with Gasteiger partial charge in [-0.05, 0) is 30.2 Å². The maximum Gasteiger partial charge on any atom is 0.253 e. The van der Waals surface area contributed by atoms with Gasteiger partial charge in [-0.3, -0.25) is 0 Å². The van der Waals surface area contributed by atoms with Crippen LogP contribution in [0.5, 0.6) is 0 Å². The van der Waals surface area contributed by atoms with Crippen molar-refractivity contribution in [1.29, 1.82) is 0 Å². The minimum Gasteiger partial charge on any atom is -0.420 e. The highest BCUT2D eigenvalue weighted by molar-refractivity contribution is 7.98. The van der Waals surface area contributed by atoms with Crippen molar-refractivity contribution in [2.24, 2.45) is 0 Å². The summed E-state index contributed by atoms with van der Waals surface area (Å²) in [5.41, 5.74) is 2.30. The molecule has 1 fully saturated rings. The summed E-state index contributed by atoms with van der Waals surface area (Å²) in [7, 11) is 0. The molecule has 11 heteroatoms. The summed E-state index contributed by atoms with van der Waals surface area (Å²) in [4.78, 5) is 0. The number of nitrogens with zero attached hydrogens (tertiary/aromatic N) is 7. The second-order valence-corrected chi connectivity index (χ2v) is 7.84. The van der Waals surface area contributed by atoms with E-state index < -0.39 is 0 Å². The van der Waals surface area contributed by atoms with E-state index in [9.17, 15) is 0 Å². The number of tetrazole rings is 1. The van der Waals surface area contributed by atoms with Gasteiger partial charge < -0.3 is 13.7 Å². The molecule has 4 aromatic rings. The largest absolute Gasteiger partial charge is 0.420 e. The van der Waals surface area contributed by atoms with Gasteiger partial charge in [0.2, 0.25) is 11.0 Å². The Hall–Kier alpha value is -3.05. The second-order valence-electron chi connectivity index (χ2n) is 6.90. The molecular weight excluding hydrogens is 406 g/mol. The van der Waals surface area contributed by atoms with Crippen LogP contribution in [0, 0.1) is 6.92 Å². The Kier molecular flexibility index (Phi) is 5.28. The summed E-state index contributed by atoms with van der Waals surface area (Å²) >= 11 is 1.44. The Morgan fingerprint density at radius 3 is 2.90 bits per heavy atom. The smallest absolute Gasteiger partial charge is 0.253 e. The fraction of sp³-hybridized carbons (Fsp3) is 0.368. The Balaban J connectivity index is 1.31. The van der Waals surface area contributed by atoms with Crippen molar-refractivity contribution < 1.29 is 13.7 Å². The van der Waals surface area contributed by atoms with Crippen LogP contribution in [0.3, 0.4) is 0 Å². The predicted molar refractivity (Wildman–Crippen MR) is 106 cm³/mol. The van der Waals surface area contributed by atoms with Crippen LogP contribution < -0.4 is 0 Å². The van der Waals surface area contributed by atoms with Crippen LogP contribution in [0.2, 0.25) is 0 Å². The molecule has 1 saturated heterocycles. The van der Waals surface area contributed by atoms with E-state index >= 15 is 0 Å². The lowest BCUT2D eigenvalue weighted by Gasteiger charge is -2.09. The highest BCUT2D eigenvalue weighted by atomic mass is 32.2. The van der Waals surface area contributed by atoms with Crippen LogP contribution >= 0.6 is 11.8 Å². The van der Waals surface area contributed by atoms with Crippen molar-refractivity contribution in [3.8, 4) is 22.7 Å². The summed E-state index contributed by atoms with van der Waals surface area (Å²) in [5.74, 6) is 1.92. The quantitative estimate of drug-likeness (QED) is 0.409. The molecular formula is C19H19N7O3S. The van der Waals surface area contributed by atoms with Gasteiger partial charge in [0.05, 0.1) is 18.4 Å². The zero-order valence-electron chi connectivity index (χ0n) is 16.3. The van der Waals surface area contributed by atoms with Gasteiger partial charge in [0, 0.05) is 12.2 Å². The molecule has 3 aromatic heterocycles. The van der Waals surface area contributed by atoms with Gasteiger partial charge in [0.15, 0.2) is 0 Å². The molecule has 0 unspecified atom stereocenters. The van der Waals surface area contributed by atoms with Crippen LogP contribution in [0.15, 0.2) is 44.4 Å². The minimum atomic E-state index is 0.163. The van der Waals surface area contributed by atoms with Gasteiger partial charge in [0.1, 0.15) is 17.0 Å². The summed E-state index contributed by atoms with van der Waals surface area (Å²) < 4.78 is 18.7. The zero-order valence-corrected chi connectivity index (χ0v) is 17.1. The minimum absolute atomic E-state index is 0.163. The molecule has 1 aromatic carbocycles. The van der Waals surface area contributed by atoms with Gasteiger partial charge in [-0.15, -0.1) is 15.3 Å². The van der Waals surface area contributed by atoms with Gasteiger partial charge in [-0.25, -0.2) is 4.68 Å². The van der Waals surface area contributed by atoms with Crippen molar-refractivity contribution >= 4 is 11.8 Å². The number of ether oxygens (including phenoxy) is 1. The molecule has 0 aliphatic carbocycles. The van der Waals surface area contributed by atoms with E-state index in [1.54, 1.807) is 4.68 Å². The molecule has 0 radical (unpaired) electrons. The number of hydrogen-bond acceptors (Lipinski definition) is 10. The fourth-order valence-corrected chi connectivity index (χ4v) is 4.08. The molecule has 0 bridgehead atoms. The van der Waals surface area contributed by atoms with Crippen molar-refractivity contribution in [3.05, 3.63) is 42.0 Å². The van der Waals surface area contributed by atoms with Crippen molar-refractivity contribution in [2.45, 2.75) is 43.3 Å². The summed E-state index contributed by atoms with van der Waals surface area (Å²) in [6.07, 6.45) is 2.27. The highest BCUT2D eigenvalue weighted by Gasteiger charge is 2.23. The summed E-state index contributed by atoms with van der Waals surface area (Å²) in [6.45, 7) is 3.27. The van der Waals surface area contributed by atoms with E-state index in [1.165, 1.54) is 11.8 Å². The molecule has 0 saturated carbocycles. The van der Waals surface area contributed by atoms with E-state index in [0.717, 1.165) is 25.0 Å². The van der Waals surface area contributed by atoms with E-state index in [0.29, 0.717) is 46.3 Å². The van der Waals surface area contributed by atoms with Gasteiger partial charge in [0.25, 0.3) is 5.89 Å². The lowest BCUT2D eigenvalue weighted by atomic mass is 10.1. The number of rotatable bonds is 7. The summed E-state index contributed by atoms with van der Waals surface area (Å²) in [6, 6.07) is 9.76. The summed E-state index contributed by atoms with van der Waals surface area (Å²) in [5, 5.41) is 25.2. The molecule has 1 aliphatic heterocycles. The Morgan fingerprint density at radius 1 is 1.17 bits per heavy atom. The number of thioether (sulfide) groups is 1. The monoisotopic (exact) mass is 425 g/mol. The molecule has 10 nitrogen and oxygen atoms in total. The Bertz CT molecular complexity index is 1120. The maximum absolute atomic E-state index is 5.90. The van der Waals surface area contributed by atoms with Crippen molar-refractivity contribution in [3.63, 3.8) is 0 Å². The molecule has 1 atom stereocenters. The molecule has 1 aliphatic rings. The van der Waals surface area contributed by atoms with E-state index in [4.69, 9.17) is 13.7 Å². The molecule has 4 heterocycles. The average Bonchev–Trinajstić information content (AvgIpc) is 3.56. The third-order valence-corrected chi connectivity index (χ3v) is 5.76. The first-order chi connectivity index (χ1) is 14.8. The van der Waals surface area contributed by atoms with Gasteiger partial charge >= 0.3 is 0 Å². The third kappa shape index (κ3) is 3.85. The van der Waals surface area contributed by atoms with E-state index in [-0.39, 0.29) is 6.10 Å². The lowest BCUT2D eigenvalue weighted by molar-refractivity contribution is 0.0912. The first kappa shape index (κ1) is 18.9. The molecule has 30 heavy (non-hydrogen) atoms. The molecule has 154 valence electrons. The predicted octanol–water partition coefficient (Wildman–Crippen LogP) is 3.16. The van der Waals surface area contributed by atoms with E-state index in [2.05, 4.69) is 30.9 Å². The molecule has 0 N–H and O–H groups in total. The van der Waals surface area contributed by atoms with Crippen LogP contribution in [0.1, 0.15) is 24.5 Å². The van der Waals surface area contributed by atoms with Gasteiger partial charge in [-0.1, -0.05) is 47.3 Å². The highest BCUT2D eigenvalue weighted by Crippen LogP contribution is 2.34. The van der Waals surface area contributed by atoms with Crippen LogP contribution in [0.4, 0.5) is 0 Å². The van der Waals surface area contributed by atoms with Crippen molar-refractivity contribution in [1.82, 2.24) is 35.6 Å². The van der Waals surface area contributed by atoms with Gasteiger partial charge in [-0.2, -0.15) is 0 Å². The topological polar surface area (TPSA) is 118 Å². The number of hydrogen-bond donors (Lipinski definition) is 0. The first-order valence-electron chi connectivity index (χ1n) is 9.63. The van der Waals surface area contributed by atoms with Crippen LogP contribution in [-0.4, -0.2) is 48.3 Å². The lowest BCUT2D eigenvalue weighted by Crippen LogP contribution is -2.16. The zero-order chi connectivity index (χ0) is 20.3. The number of aryl methyl sites for hydroxylation is 1. The number of aromatic nitrogens is 7. The molecule has 0 amide bonds. The normalized spacial score (nSPS) is 16.4. The maximum atomic E-state index is 5.90. The van der Waals surface area contributed by atoms with E-state index in [1.807, 2.05) is 37.3 Å². The van der Waals surface area contributed by atoms with Crippen LogP contribution in [-0.2, 0) is 17.0 Å². The standard InChI is InChI=1S/C19H19N7O3S/c1-12-16(17(23-29-12)13-6-3-2-4-7-13)18-21-20-15(28-18)11-30-19-22-24-25-26(19)10-14-8-5-9-27-14/h2-4,6-7,14H,5,8-11H2,1H3/t14-/m1/s1. The average molecular weight is 425 g/mol. The van der Waals surface area contributed by atoms with Crippen LogP contribution in [0.25, 0.3) is 22.7 Å². The first-order valence-corrected chi connectivity index (χ1v) is 10.6. The molecule has 5 rings (SSSR count). The Morgan fingerprint density at radius 2 is 2.07 bits per heavy atom. The third-order valence-electron chi connectivity index (χ3n) is 4.82. The fourth-order valence-electron chi connectivity index (χ4n) is 3.35. The Labute approximate surface area is 176 Å². The second kappa shape index (κ2) is 8.36. The molecule has 0 spiro atoms. The number of benzene rings is 1. The van der Waals surface area contributed by atoms with Crippen molar-refractivity contribution in [2.75, 3.05) is 6.61 Å².